The SMILES string of the molecule is COc1cc(CCc2cc(NC(=O)c3ccc(N4CCC(C)=N4)cc3)n[nH]2)cc(OC)c1. The zero-order valence-corrected chi connectivity index (χ0v) is 18.5. The maximum atomic E-state index is 12.6. The number of aryl methyl sites for hydroxylation is 2. The van der Waals surface area contributed by atoms with Crippen LogP contribution in [0.1, 0.15) is 35.0 Å². The summed E-state index contributed by atoms with van der Waals surface area (Å²) in [5.41, 5.74) is 4.70. The van der Waals surface area contributed by atoms with Crippen molar-refractivity contribution in [2.75, 3.05) is 31.1 Å². The van der Waals surface area contributed by atoms with E-state index in [-0.39, 0.29) is 5.91 Å². The van der Waals surface area contributed by atoms with Crippen LogP contribution in [0.4, 0.5) is 11.5 Å². The van der Waals surface area contributed by atoms with Crippen molar-refractivity contribution in [3.8, 4) is 11.5 Å². The molecule has 0 saturated carbocycles. The molecule has 8 nitrogen and oxygen atoms in total. The Morgan fingerprint density at radius 2 is 1.78 bits per heavy atom. The van der Waals surface area contributed by atoms with E-state index in [1.807, 2.05) is 48.3 Å². The van der Waals surface area contributed by atoms with Gasteiger partial charge in [-0.1, -0.05) is 0 Å². The summed E-state index contributed by atoms with van der Waals surface area (Å²) in [7, 11) is 3.27. The van der Waals surface area contributed by atoms with Crippen LogP contribution < -0.4 is 19.8 Å². The molecule has 1 aliphatic rings. The minimum Gasteiger partial charge on any atom is -0.497 e. The third-order valence-electron chi connectivity index (χ3n) is 5.37. The number of rotatable bonds is 8. The molecule has 1 aromatic heterocycles. The molecule has 166 valence electrons. The molecule has 32 heavy (non-hydrogen) atoms. The molecule has 2 aromatic carbocycles. The number of methoxy groups -OCH3 is 2. The summed E-state index contributed by atoms with van der Waals surface area (Å²) < 4.78 is 10.6. The van der Waals surface area contributed by atoms with Crippen LogP contribution in [0.15, 0.2) is 53.6 Å². The van der Waals surface area contributed by atoms with Gasteiger partial charge in [0.2, 0.25) is 0 Å². The van der Waals surface area contributed by atoms with Crippen molar-refractivity contribution in [1.82, 2.24) is 10.2 Å². The van der Waals surface area contributed by atoms with Gasteiger partial charge in [-0.3, -0.25) is 14.9 Å². The van der Waals surface area contributed by atoms with E-state index in [0.29, 0.717) is 11.4 Å². The Labute approximate surface area is 187 Å². The topological polar surface area (TPSA) is 91.8 Å². The van der Waals surface area contributed by atoms with E-state index in [4.69, 9.17) is 9.47 Å². The molecule has 0 radical (unpaired) electrons. The number of carbonyl (C=O) groups is 1. The summed E-state index contributed by atoms with van der Waals surface area (Å²) in [6, 6.07) is 15.1. The Bertz CT molecular complexity index is 1100. The van der Waals surface area contributed by atoms with Gasteiger partial charge in [0.1, 0.15) is 11.5 Å². The lowest BCUT2D eigenvalue weighted by Gasteiger charge is -2.13. The lowest BCUT2D eigenvalue weighted by Crippen LogP contribution is -2.14. The molecule has 0 unspecified atom stereocenters. The number of nitrogens with one attached hydrogen (secondary N) is 2. The molecular weight excluding hydrogens is 406 g/mol. The van der Waals surface area contributed by atoms with Crippen LogP contribution in [0.2, 0.25) is 0 Å². The Balaban J connectivity index is 1.34. The second kappa shape index (κ2) is 9.55. The van der Waals surface area contributed by atoms with Gasteiger partial charge in [0, 0.05) is 42.1 Å². The Morgan fingerprint density at radius 1 is 1.06 bits per heavy atom. The third kappa shape index (κ3) is 5.08. The number of aromatic amines is 1. The number of nitrogens with zero attached hydrogens (tertiary/aromatic N) is 3. The molecule has 0 atom stereocenters. The van der Waals surface area contributed by atoms with Gasteiger partial charge in [-0.05, 0) is 61.7 Å². The maximum Gasteiger partial charge on any atom is 0.256 e. The highest BCUT2D eigenvalue weighted by atomic mass is 16.5. The fraction of sp³-hybridized carbons (Fsp3) is 0.292. The summed E-state index contributed by atoms with van der Waals surface area (Å²) in [6.45, 7) is 2.89. The summed E-state index contributed by atoms with van der Waals surface area (Å²) >= 11 is 0. The van der Waals surface area contributed by atoms with E-state index in [0.717, 1.165) is 60.0 Å². The monoisotopic (exact) mass is 433 g/mol. The first kappa shape index (κ1) is 21.4. The standard InChI is InChI=1S/C24H27N5O3/c1-16-10-11-29(28-16)20-8-5-18(6-9-20)24(30)25-23-14-19(26-27-23)7-4-17-12-21(31-2)15-22(13-17)32-3/h5-6,8-9,12-15H,4,7,10-11H2,1-3H3,(H2,25,26,27,30). The second-order valence-corrected chi connectivity index (χ2v) is 7.71. The van der Waals surface area contributed by atoms with Gasteiger partial charge in [-0.25, -0.2) is 0 Å². The van der Waals surface area contributed by atoms with Gasteiger partial charge in [0.05, 0.1) is 19.9 Å². The highest BCUT2D eigenvalue weighted by molar-refractivity contribution is 6.04. The first-order chi connectivity index (χ1) is 15.5. The van der Waals surface area contributed by atoms with Crippen molar-refractivity contribution in [2.24, 2.45) is 5.10 Å². The molecular formula is C24H27N5O3. The van der Waals surface area contributed by atoms with Gasteiger partial charge in [0.25, 0.3) is 5.91 Å². The fourth-order valence-corrected chi connectivity index (χ4v) is 3.58. The lowest BCUT2D eigenvalue weighted by atomic mass is 10.1. The first-order valence-electron chi connectivity index (χ1n) is 10.5. The van der Waals surface area contributed by atoms with E-state index >= 15 is 0 Å². The van der Waals surface area contributed by atoms with Crippen molar-refractivity contribution < 1.29 is 14.3 Å². The highest BCUT2D eigenvalue weighted by Crippen LogP contribution is 2.24. The Kier molecular flexibility index (Phi) is 6.39. The van der Waals surface area contributed by atoms with Crippen molar-refractivity contribution in [3.63, 3.8) is 0 Å². The highest BCUT2D eigenvalue weighted by Gasteiger charge is 2.14. The first-order valence-corrected chi connectivity index (χ1v) is 10.5. The third-order valence-corrected chi connectivity index (χ3v) is 5.37. The normalized spacial score (nSPS) is 13.1. The van der Waals surface area contributed by atoms with Crippen molar-refractivity contribution in [1.29, 1.82) is 0 Å². The maximum absolute atomic E-state index is 12.6. The van der Waals surface area contributed by atoms with Gasteiger partial charge in [-0.15, -0.1) is 0 Å². The minimum absolute atomic E-state index is 0.201. The smallest absolute Gasteiger partial charge is 0.256 e. The van der Waals surface area contributed by atoms with E-state index in [1.54, 1.807) is 26.4 Å². The van der Waals surface area contributed by atoms with E-state index < -0.39 is 0 Å². The molecule has 0 fully saturated rings. The molecule has 2 N–H and O–H groups in total. The van der Waals surface area contributed by atoms with Crippen LogP contribution in [-0.4, -0.2) is 42.6 Å². The molecule has 0 bridgehead atoms. The summed E-state index contributed by atoms with van der Waals surface area (Å²) in [6.07, 6.45) is 2.49. The number of H-pyrrole nitrogens is 1. The number of benzene rings is 2. The van der Waals surface area contributed by atoms with Crippen molar-refractivity contribution in [2.45, 2.75) is 26.2 Å². The van der Waals surface area contributed by atoms with E-state index in [1.165, 1.54) is 0 Å². The number of ether oxygens (including phenoxy) is 2. The quantitative estimate of drug-likeness (QED) is 0.559. The average Bonchev–Trinajstić information content (AvgIpc) is 3.46. The van der Waals surface area contributed by atoms with Crippen LogP contribution >= 0.6 is 0 Å². The van der Waals surface area contributed by atoms with Crippen LogP contribution in [0.3, 0.4) is 0 Å². The molecule has 2 heterocycles. The minimum atomic E-state index is -0.201. The molecule has 0 aliphatic carbocycles. The fourth-order valence-electron chi connectivity index (χ4n) is 3.58. The molecule has 1 aliphatic heterocycles. The largest absolute Gasteiger partial charge is 0.497 e. The van der Waals surface area contributed by atoms with Crippen molar-refractivity contribution >= 4 is 23.1 Å². The van der Waals surface area contributed by atoms with Crippen LogP contribution in [0.5, 0.6) is 11.5 Å². The average molecular weight is 434 g/mol. The second-order valence-electron chi connectivity index (χ2n) is 7.71. The van der Waals surface area contributed by atoms with Crippen LogP contribution in [0.25, 0.3) is 0 Å². The van der Waals surface area contributed by atoms with Gasteiger partial charge in [0.15, 0.2) is 5.82 Å². The number of hydrazone groups is 1. The molecule has 8 heteroatoms. The predicted octanol–water partition coefficient (Wildman–Crippen LogP) is 4.05. The van der Waals surface area contributed by atoms with Gasteiger partial charge in [-0.2, -0.15) is 10.2 Å². The van der Waals surface area contributed by atoms with Crippen LogP contribution in [-0.2, 0) is 12.8 Å². The molecule has 0 saturated heterocycles. The molecule has 0 spiro atoms. The number of anilines is 2. The number of hydrogen-bond donors (Lipinski definition) is 2. The molecule has 1 amide bonds. The number of aromatic nitrogens is 2. The van der Waals surface area contributed by atoms with Crippen LogP contribution in [0, 0.1) is 0 Å². The van der Waals surface area contributed by atoms with Gasteiger partial charge >= 0.3 is 0 Å². The van der Waals surface area contributed by atoms with Gasteiger partial charge < -0.3 is 14.8 Å². The molecule has 4 rings (SSSR count). The number of amides is 1. The lowest BCUT2D eigenvalue weighted by molar-refractivity contribution is 0.102. The molecule has 3 aromatic rings. The Morgan fingerprint density at radius 3 is 2.41 bits per heavy atom. The predicted molar refractivity (Wildman–Crippen MR) is 125 cm³/mol. The summed E-state index contributed by atoms with van der Waals surface area (Å²) in [5.74, 6) is 1.81. The Hall–Kier alpha value is -3.81. The van der Waals surface area contributed by atoms with E-state index in [9.17, 15) is 4.79 Å². The van der Waals surface area contributed by atoms with Crippen molar-refractivity contribution in [3.05, 3.63) is 65.4 Å². The number of hydrogen-bond acceptors (Lipinski definition) is 6. The number of carbonyl (C=O) groups excluding carboxylic acids is 1. The zero-order chi connectivity index (χ0) is 22.5. The zero-order valence-electron chi connectivity index (χ0n) is 18.5. The summed E-state index contributed by atoms with van der Waals surface area (Å²) in [5, 5.41) is 16.5. The van der Waals surface area contributed by atoms with E-state index in [2.05, 4.69) is 20.6 Å². The summed E-state index contributed by atoms with van der Waals surface area (Å²) in [4.78, 5) is 12.6.